The van der Waals surface area contributed by atoms with Gasteiger partial charge in [0.25, 0.3) is 0 Å². The van der Waals surface area contributed by atoms with Crippen molar-refractivity contribution in [1.82, 2.24) is 9.80 Å². The zero-order valence-electron chi connectivity index (χ0n) is 11.7. The van der Waals surface area contributed by atoms with Gasteiger partial charge in [-0.25, -0.2) is 0 Å². The molecule has 1 unspecified atom stereocenters. The minimum absolute atomic E-state index is 0.252. The van der Waals surface area contributed by atoms with Crippen molar-refractivity contribution in [2.45, 2.75) is 13.0 Å². The highest BCUT2D eigenvalue weighted by atomic mass is 32.2. The summed E-state index contributed by atoms with van der Waals surface area (Å²) in [5.41, 5.74) is 0. The molecule has 2 fully saturated rings. The van der Waals surface area contributed by atoms with Gasteiger partial charge in [0, 0.05) is 38.0 Å². The molecule has 0 spiro atoms. The molecule has 2 aliphatic heterocycles. The fourth-order valence-electron chi connectivity index (χ4n) is 2.34. The van der Waals surface area contributed by atoms with Crippen LogP contribution in [-0.2, 0) is 14.3 Å². The predicted molar refractivity (Wildman–Crippen MR) is 76.6 cm³/mol. The van der Waals surface area contributed by atoms with Crippen molar-refractivity contribution in [1.29, 1.82) is 0 Å². The Balaban J connectivity index is 1.60. The molecule has 2 heterocycles. The van der Waals surface area contributed by atoms with Crippen molar-refractivity contribution in [2.75, 3.05) is 64.1 Å². The second-order valence-corrected chi connectivity index (χ2v) is 6.04. The molecule has 6 heteroatoms. The highest BCUT2D eigenvalue weighted by Gasteiger charge is 2.19. The second kappa shape index (κ2) is 8.09. The van der Waals surface area contributed by atoms with Gasteiger partial charge in [-0.15, -0.1) is 0 Å². The number of nitrogens with zero attached hydrogens (tertiary/aromatic N) is 2. The Hall–Kier alpha value is -0.300. The summed E-state index contributed by atoms with van der Waals surface area (Å²) >= 11 is 1.74. The number of carbonyl (C=O) groups is 1. The van der Waals surface area contributed by atoms with E-state index in [0.717, 1.165) is 45.1 Å². The van der Waals surface area contributed by atoms with E-state index in [1.54, 1.807) is 11.8 Å². The fourth-order valence-corrected chi connectivity index (χ4v) is 3.37. The Labute approximate surface area is 119 Å². The van der Waals surface area contributed by atoms with E-state index in [1.807, 2.05) is 4.90 Å². The van der Waals surface area contributed by atoms with Crippen LogP contribution < -0.4 is 0 Å². The third kappa shape index (κ3) is 4.95. The van der Waals surface area contributed by atoms with E-state index < -0.39 is 0 Å². The Morgan fingerprint density at radius 2 is 1.68 bits per heavy atom. The molecule has 2 saturated heterocycles. The molecule has 110 valence electrons. The molecule has 0 aromatic rings. The van der Waals surface area contributed by atoms with Crippen LogP contribution >= 0.6 is 11.8 Å². The number of morpholine rings is 2. The van der Waals surface area contributed by atoms with E-state index in [4.69, 9.17) is 9.47 Å². The molecular formula is C13H24N2O3S. The van der Waals surface area contributed by atoms with Gasteiger partial charge in [0.1, 0.15) is 0 Å². The Morgan fingerprint density at radius 3 is 2.32 bits per heavy atom. The van der Waals surface area contributed by atoms with Gasteiger partial charge in [0.2, 0.25) is 5.91 Å². The largest absolute Gasteiger partial charge is 0.379 e. The number of carbonyl (C=O) groups excluding carboxylic acids is 1. The molecule has 0 radical (unpaired) electrons. The van der Waals surface area contributed by atoms with Crippen molar-refractivity contribution >= 4 is 17.7 Å². The molecule has 5 nitrogen and oxygen atoms in total. The first kappa shape index (κ1) is 15.1. The third-order valence-electron chi connectivity index (χ3n) is 3.62. The van der Waals surface area contributed by atoms with Crippen LogP contribution in [0, 0.1) is 0 Å². The minimum Gasteiger partial charge on any atom is -0.379 e. The van der Waals surface area contributed by atoms with Gasteiger partial charge < -0.3 is 14.4 Å². The first-order chi connectivity index (χ1) is 9.27. The SMILES string of the molecule is CC(CSCC(=O)N1CCOCC1)N1CCOCC1. The molecule has 0 aromatic heterocycles. The molecule has 0 aliphatic carbocycles. The van der Waals surface area contributed by atoms with Crippen LogP contribution in [0.1, 0.15) is 6.92 Å². The third-order valence-corrected chi connectivity index (χ3v) is 4.79. The Kier molecular flexibility index (Phi) is 6.43. The van der Waals surface area contributed by atoms with Gasteiger partial charge in [-0.05, 0) is 6.92 Å². The molecule has 2 aliphatic rings. The summed E-state index contributed by atoms with van der Waals surface area (Å²) in [7, 11) is 0. The lowest BCUT2D eigenvalue weighted by Gasteiger charge is -2.32. The zero-order valence-corrected chi connectivity index (χ0v) is 12.5. The molecule has 0 saturated carbocycles. The smallest absolute Gasteiger partial charge is 0.232 e. The molecule has 1 amide bonds. The van der Waals surface area contributed by atoms with E-state index in [0.29, 0.717) is 25.0 Å². The maximum Gasteiger partial charge on any atom is 0.232 e. The van der Waals surface area contributed by atoms with E-state index in [-0.39, 0.29) is 5.91 Å². The van der Waals surface area contributed by atoms with Gasteiger partial charge >= 0.3 is 0 Å². The molecule has 0 N–H and O–H groups in total. The number of rotatable bonds is 5. The summed E-state index contributed by atoms with van der Waals surface area (Å²) in [6.07, 6.45) is 0. The lowest BCUT2D eigenvalue weighted by atomic mass is 10.3. The molecule has 0 aromatic carbocycles. The minimum atomic E-state index is 0.252. The maximum atomic E-state index is 12.0. The highest BCUT2D eigenvalue weighted by molar-refractivity contribution is 7.99. The van der Waals surface area contributed by atoms with Gasteiger partial charge in [-0.1, -0.05) is 0 Å². The van der Waals surface area contributed by atoms with E-state index in [1.165, 1.54) is 0 Å². The van der Waals surface area contributed by atoms with E-state index >= 15 is 0 Å². The molecular weight excluding hydrogens is 264 g/mol. The van der Waals surface area contributed by atoms with Crippen LogP contribution in [0.15, 0.2) is 0 Å². The van der Waals surface area contributed by atoms with Gasteiger partial charge in [0.05, 0.1) is 32.2 Å². The van der Waals surface area contributed by atoms with Crippen LogP contribution in [0.4, 0.5) is 0 Å². The van der Waals surface area contributed by atoms with Gasteiger partial charge in [-0.3, -0.25) is 9.69 Å². The first-order valence-electron chi connectivity index (χ1n) is 7.02. The summed E-state index contributed by atoms with van der Waals surface area (Å²) in [6.45, 7) is 8.79. The van der Waals surface area contributed by atoms with Gasteiger partial charge in [0.15, 0.2) is 0 Å². The summed E-state index contributed by atoms with van der Waals surface area (Å²) in [5.74, 6) is 1.85. The van der Waals surface area contributed by atoms with Crippen LogP contribution in [-0.4, -0.2) is 85.9 Å². The highest BCUT2D eigenvalue weighted by Crippen LogP contribution is 2.12. The first-order valence-corrected chi connectivity index (χ1v) is 8.18. The topological polar surface area (TPSA) is 42.0 Å². The fraction of sp³-hybridized carbons (Fsp3) is 0.923. The average Bonchev–Trinajstić information content (AvgIpc) is 2.49. The quantitative estimate of drug-likeness (QED) is 0.728. The van der Waals surface area contributed by atoms with E-state index in [2.05, 4.69) is 11.8 Å². The summed E-state index contributed by atoms with van der Waals surface area (Å²) in [6, 6.07) is 0.520. The molecule has 2 rings (SSSR count). The number of ether oxygens (including phenoxy) is 2. The summed E-state index contributed by atoms with van der Waals surface area (Å²) in [4.78, 5) is 16.3. The van der Waals surface area contributed by atoms with Crippen LogP contribution in [0.5, 0.6) is 0 Å². The number of amides is 1. The Bertz CT molecular complexity index is 279. The standard InChI is InChI=1S/C13H24N2O3S/c1-12(14-2-6-17-7-3-14)10-19-11-13(16)15-4-8-18-9-5-15/h12H,2-11H2,1H3. The van der Waals surface area contributed by atoms with Crippen molar-refractivity contribution in [3.05, 3.63) is 0 Å². The summed E-state index contributed by atoms with van der Waals surface area (Å²) in [5, 5.41) is 0. The zero-order chi connectivity index (χ0) is 13.5. The number of thioether (sulfide) groups is 1. The second-order valence-electron chi connectivity index (χ2n) is 5.01. The average molecular weight is 288 g/mol. The molecule has 1 atom stereocenters. The van der Waals surface area contributed by atoms with Crippen LogP contribution in [0.3, 0.4) is 0 Å². The van der Waals surface area contributed by atoms with Crippen molar-refractivity contribution in [2.24, 2.45) is 0 Å². The van der Waals surface area contributed by atoms with Crippen molar-refractivity contribution < 1.29 is 14.3 Å². The Morgan fingerprint density at radius 1 is 1.11 bits per heavy atom. The van der Waals surface area contributed by atoms with E-state index in [9.17, 15) is 4.79 Å². The molecule has 0 bridgehead atoms. The predicted octanol–water partition coefficient (Wildman–Crippen LogP) is 0.299. The van der Waals surface area contributed by atoms with Crippen LogP contribution in [0.2, 0.25) is 0 Å². The number of hydrogen-bond acceptors (Lipinski definition) is 5. The maximum absolute atomic E-state index is 12.0. The molecule has 19 heavy (non-hydrogen) atoms. The van der Waals surface area contributed by atoms with Gasteiger partial charge in [-0.2, -0.15) is 11.8 Å². The van der Waals surface area contributed by atoms with Crippen molar-refractivity contribution in [3.8, 4) is 0 Å². The lowest BCUT2D eigenvalue weighted by molar-refractivity contribution is -0.132. The normalized spacial score (nSPS) is 23.3. The lowest BCUT2D eigenvalue weighted by Crippen LogP contribution is -2.44. The monoisotopic (exact) mass is 288 g/mol. The van der Waals surface area contributed by atoms with Crippen molar-refractivity contribution in [3.63, 3.8) is 0 Å². The van der Waals surface area contributed by atoms with Crippen LogP contribution in [0.25, 0.3) is 0 Å². The summed E-state index contributed by atoms with van der Waals surface area (Å²) < 4.78 is 10.6. The number of hydrogen-bond donors (Lipinski definition) is 0.